The zero-order valence-corrected chi connectivity index (χ0v) is 16.7. The van der Waals surface area contributed by atoms with Crippen molar-refractivity contribution < 1.29 is 22.7 Å². The Kier molecular flexibility index (Phi) is 5.49. The van der Waals surface area contributed by atoms with E-state index in [1.807, 2.05) is 4.90 Å². The van der Waals surface area contributed by atoms with Crippen LogP contribution in [-0.2, 0) is 10.0 Å². The molecule has 2 heterocycles. The van der Waals surface area contributed by atoms with E-state index in [9.17, 15) is 18.3 Å². The van der Waals surface area contributed by atoms with E-state index >= 15 is 4.39 Å². The Morgan fingerprint density at radius 2 is 1.67 bits per heavy atom. The molecule has 0 saturated carbocycles. The van der Waals surface area contributed by atoms with Gasteiger partial charge in [-0.05, 0) is 49.7 Å². The number of hydrogen-bond donors (Lipinski definition) is 1. The van der Waals surface area contributed by atoms with Gasteiger partial charge in [-0.25, -0.2) is 17.6 Å². The summed E-state index contributed by atoms with van der Waals surface area (Å²) in [5.74, 6) is -2.60. The third kappa shape index (κ3) is 3.96. The van der Waals surface area contributed by atoms with E-state index in [2.05, 4.69) is 13.8 Å². The highest BCUT2D eigenvalue weighted by Gasteiger charge is 2.36. The molecule has 2 saturated heterocycles. The number of anilines is 1. The molecule has 27 heavy (non-hydrogen) atoms. The molecule has 2 aliphatic heterocycles. The Bertz CT molecular complexity index is 822. The standard InChI is InChI=1S/C19H27FN2O4S/c1-19(2)8-12-22(13-9-19)27(25,26)15-7-6-14(16(17(15)20)18(23)24)21-10-4-3-5-11-21/h6-7H,3-5,8-13H2,1-2H3,(H,23,24). The van der Waals surface area contributed by atoms with Crippen molar-refractivity contribution in [2.75, 3.05) is 31.1 Å². The van der Waals surface area contributed by atoms with Gasteiger partial charge in [0.15, 0.2) is 5.82 Å². The van der Waals surface area contributed by atoms with Gasteiger partial charge in [0.2, 0.25) is 10.0 Å². The molecule has 0 atom stereocenters. The number of sulfonamides is 1. The third-order valence-electron chi connectivity index (χ3n) is 5.69. The minimum absolute atomic E-state index is 0.0505. The number of carboxylic acids is 1. The van der Waals surface area contributed by atoms with Gasteiger partial charge in [0.05, 0.1) is 5.69 Å². The predicted molar refractivity (Wildman–Crippen MR) is 101 cm³/mol. The SMILES string of the molecule is CC1(C)CCN(S(=O)(=O)c2ccc(N3CCCCC3)c(C(=O)O)c2F)CC1. The molecule has 1 aromatic rings. The molecule has 0 radical (unpaired) electrons. The summed E-state index contributed by atoms with van der Waals surface area (Å²) in [5.41, 5.74) is -0.233. The minimum atomic E-state index is -4.07. The summed E-state index contributed by atoms with van der Waals surface area (Å²) in [7, 11) is -4.07. The van der Waals surface area contributed by atoms with E-state index in [1.165, 1.54) is 16.4 Å². The maximum atomic E-state index is 15.1. The largest absolute Gasteiger partial charge is 0.478 e. The summed E-state index contributed by atoms with van der Waals surface area (Å²) in [6.07, 6.45) is 4.24. The lowest BCUT2D eigenvalue weighted by atomic mass is 9.83. The third-order valence-corrected chi connectivity index (χ3v) is 7.61. The van der Waals surface area contributed by atoms with Gasteiger partial charge < -0.3 is 10.0 Å². The smallest absolute Gasteiger partial charge is 0.340 e. The van der Waals surface area contributed by atoms with Crippen LogP contribution in [0.3, 0.4) is 0 Å². The summed E-state index contributed by atoms with van der Waals surface area (Å²) in [4.78, 5) is 13.0. The van der Waals surface area contributed by atoms with Crippen molar-refractivity contribution in [3.8, 4) is 0 Å². The van der Waals surface area contributed by atoms with Crippen LogP contribution in [-0.4, -0.2) is 50.0 Å². The first kappa shape index (κ1) is 20.1. The average Bonchev–Trinajstić information content (AvgIpc) is 2.61. The van der Waals surface area contributed by atoms with Crippen LogP contribution in [0, 0.1) is 11.2 Å². The number of benzene rings is 1. The van der Waals surface area contributed by atoms with Crippen LogP contribution < -0.4 is 4.90 Å². The average molecular weight is 399 g/mol. The van der Waals surface area contributed by atoms with Crippen molar-refractivity contribution >= 4 is 21.7 Å². The Balaban J connectivity index is 1.99. The fourth-order valence-corrected chi connectivity index (χ4v) is 5.33. The van der Waals surface area contributed by atoms with Crippen LogP contribution in [0.2, 0.25) is 0 Å². The number of carboxylic acid groups (broad SMARTS) is 1. The highest BCUT2D eigenvalue weighted by Crippen LogP contribution is 2.35. The van der Waals surface area contributed by atoms with Gasteiger partial charge in [-0.3, -0.25) is 0 Å². The van der Waals surface area contributed by atoms with Crippen molar-refractivity contribution in [1.29, 1.82) is 0 Å². The summed E-state index contributed by atoms with van der Waals surface area (Å²) in [6, 6.07) is 2.67. The van der Waals surface area contributed by atoms with Crippen molar-refractivity contribution in [2.45, 2.75) is 50.8 Å². The van der Waals surface area contributed by atoms with Crippen LogP contribution in [0.25, 0.3) is 0 Å². The fraction of sp³-hybridized carbons (Fsp3) is 0.632. The molecule has 0 amide bonds. The number of aromatic carboxylic acids is 1. The number of hydrogen-bond acceptors (Lipinski definition) is 4. The van der Waals surface area contributed by atoms with E-state index in [0.717, 1.165) is 19.3 Å². The Morgan fingerprint density at radius 3 is 2.22 bits per heavy atom. The van der Waals surface area contributed by atoms with Gasteiger partial charge in [0, 0.05) is 26.2 Å². The normalized spacial score (nSPS) is 21.2. The molecule has 2 aliphatic rings. The van der Waals surface area contributed by atoms with Crippen molar-refractivity contribution in [3.05, 3.63) is 23.5 Å². The second-order valence-corrected chi connectivity index (χ2v) is 10.1. The second kappa shape index (κ2) is 7.39. The molecule has 2 fully saturated rings. The Morgan fingerprint density at radius 1 is 1.07 bits per heavy atom. The van der Waals surface area contributed by atoms with Crippen LogP contribution in [0.5, 0.6) is 0 Å². The molecule has 6 nitrogen and oxygen atoms in total. The predicted octanol–water partition coefficient (Wildman–Crippen LogP) is 3.32. The van der Waals surface area contributed by atoms with Crippen LogP contribution in [0.1, 0.15) is 56.3 Å². The zero-order chi connectivity index (χ0) is 19.8. The van der Waals surface area contributed by atoms with Gasteiger partial charge in [-0.2, -0.15) is 4.31 Å². The first-order valence-corrected chi connectivity index (χ1v) is 10.9. The van der Waals surface area contributed by atoms with Gasteiger partial charge in [-0.1, -0.05) is 13.8 Å². The molecule has 0 spiro atoms. The Hall–Kier alpha value is -1.67. The topological polar surface area (TPSA) is 77.9 Å². The van der Waals surface area contributed by atoms with E-state index in [1.54, 1.807) is 0 Å². The van der Waals surface area contributed by atoms with Crippen molar-refractivity contribution in [3.63, 3.8) is 0 Å². The molecule has 0 bridgehead atoms. The number of carbonyl (C=O) groups is 1. The van der Waals surface area contributed by atoms with Gasteiger partial charge in [0.25, 0.3) is 0 Å². The quantitative estimate of drug-likeness (QED) is 0.842. The first-order chi connectivity index (χ1) is 12.6. The van der Waals surface area contributed by atoms with E-state index in [4.69, 9.17) is 0 Å². The summed E-state index contributed by atoms with van der Waals surface area (Å²) >= 11 is 0. The molecule has 0 aromatic heterocycles. The highest BCUT2D eigenvalue weighted by atomic mass is 32.2. The molecular formula is C19H27FN2O4S. The lowest BCUT2D eigenvalue weighted by Crippen LogP contribution is -2.41. The fourth-order valence-electron chi connectivity index (χ4n) is 3.82. The highest BCUT2D eigenvalue weighted by molar-refractivity contribution is 7.89. The summed E-state index contributed by atoms with van der Waals surface area (Å²) in [6.45, 7) is 6.07. The molecule has 3 rings (SSSR count). The summed E-state index contributed by atoms with van der Waals surface area (Å²) < 4.78 is 42.3. The molecule has 150 valence electrons. The molecule has 1 N–H and O–H groups in total. The summed E-state index contributed by atoms with van der Waals surface area (Å²) in [5, 5.41) is 9.57. The molecule has 8 heteroatoms. The van der Waals surface area contributed by atoms with E-state index < -0.39 is 32.3 Å². The van der Waals surface area contributed by atoms with E-state index in [0.29, 0.717) is 39.0 Å². The van der Waals surface area contributed by atoms with Gasteiger partial charge >= 0.3 is 5.97 Å². The molecule has 0 unspecified atom stereocenters. The maximum absolute atomic E-state index is 15.1. The first-order valence-electron chi connectivity index (χ1n) is 9.44. The zero-order valence-electron chi connectivity index (χ0n) is 15.9. The molecular weight excluding hydrogens is 371 g/mol. The second-order valence-electron chi connectivity index (χ2n) is 8.19. The van der Waals surface area contributed by atoms with Crippen molar-refractivity contribution in [1.82, 2.24) is 4.31 Å². The van der Waals surface area contributed by atoms with Crippen LogP contribution in [0.4, 0.5) is 10.1 Å². The van der Waals surface area contributed by atoms with E-state index in [-0.39, 0.29) is 11.1 Å². The number of nitrogens with zero attached hydrogens (tertiary/aromatic N) is 2. The number of halogens is 1. The van der Waals surface area contributed by atoms with Crippen LogP contribution >= 0.6 is 0 Å². The molecule has 0 aliphatic carbocycles. The monoisotopic (exact) mass is 398 g/mol. The van der Waals surface area contributed by atoms with Crippen molar-refractivity contribution in [2.24, 2.45) is 5.41 Å². The van der Waals surface area contributed by atoms with Crippen LogP contribution in [0.15, 0.2) is 17.0 Å². The lowest BCUT2D eigenvalue weighted by molar-refractivity contribution is 0.0692. The Labute approximate surface area is 160 Å². The molecule has 1 aromatic carbocycles. The number of piperidine rings is 2. The number of rotatable bonds is 4. The maximum Gasteiger partial charge on any atom is 0.340 e. The minimum Gasteiger partial charge on any atom is -0.478 e. The van der Waals surface area contributed by atoms with Gasteiger partial charge in [-0.15, -0.1) is 0 Å². The van der Waals surface area contributed by atoms with Gasteiger partial charge in [0.1, 0.15) is 10.5 Å². The lowest BCUT2D eigenvalue weighted by Gasteiger charge is -2.36.